The molecule has 0 spiro atoms. The van der Waals surface area contributed by atoms with Gasteiger partial charge in [-0.25, -0.2) is 4.39 Å². The number of hydrogen-bond donors (Lipinski definition) is 1. The first-order valence-corrected chi connectivity index (χ1v) is 5.47. The highest BCUT2D eigenvalue weighted by molar-refractivity contribution is 5.51. The van der Waals surface area contributed by atoms with Crippen molar-refractivity contribution in [1.29, 1.82) is 0 Å². The lowest BCUT2D eigenvalue weighted by atomic mass is 10.2. The Kier molecular flexibility index (Phi) is 3.37. The van der Waals surface area contributed by atoms with Crippen molar-refractivity contribution in [2.75, 3.05) is 12.8 Å². The van der Waals surface area contributed by atoms with Crippen LogP contribution in [0.1, 0.15) is 5.56 Å². The summed E-state index contributed by atoms with van der Waals surface area (Å²) in [5.41, 5.74) is 7.09. The number of aryl methyl sites for hydroxylation is 1. The summed E-state index contributed by atoms with van der Waals surface area (Å²) in [4.78, 5) is 0. The van der Waals surface area contributed by atoms with Gasteiger partial charge in [-0.3, -0.25) is 0 Å². The van der Waals surface area contributed by atoms with Crippen molar-refractivity contribution in [3.8, 4) is 17.2 Å². The standard InChI is InChI=1S/C14H14FNO2/c1-9-3-4-10(15)5-14(9)18-13-7-11(16)6-12(8-13)17-2/h3-8H,16H2,1-2H3. The van der Waals surface area contributed by atoms with Gasteiger partial charge in [0.15, 0.2) is 0 Å². The first kappa shape index (κ1) is 12.2. The van der Waals surface area contributed by atoms with E-state index < -0.39 is 0 Å². The molecule has 0 aliphatic heterocycles. The molecule has 18 heavy (non-hydrogen) atoms. The highest BCUT2D eigenvalue weighted by atomic mass is 19.1. The molecule has 94 valence electrons. The van der Waals surface area contributed by atoms with Gasteiger partial charge >= 0.3 is 0 Å². The Hall–Kier alpha value is -2.23. The normalized spacial score (nSPS) is 10.2. The third-order valence-electron chi connectivity index (χ3n) is 2.52. The SMILES string of the molecule is COc1cc(N)cc(Oc2cc(F)ccc2C)c1. The van der Waals surface area contributed by atoms with Crippen molar-refractivity contribution < 1.29 is 13.9 Å². The Labute approximate surface area is 105 Å². The minimum absolute atomic E-state index is 0.341. The van der Waals surface area contributed by atoms with Gasteiger partial charge in [0.1, 0.15) is 23.1 Å². The number of anilines is 1. The van der Waals surface area contributed by atoms with E-state index in [4.69, 9.17) is 15.2 Å². The second-order valence-corrected chi connectivity index (χ2v) is 3.95. The second-order valence-electron chi connectivity index (χ2n) is 3.95. The molecule has 0 amide bonds. The number of nitrogens with two attached hydrogens (primary N) is 1. The van der Waals surface area contributed by atoms with Crippen molar-refractivity contribution in [1.82, 2.24) is 0 Å². The van der Waals surface area contributed by atoms with E-state index in [0.29, 0.717) is 22.9 Å². The summed E-state index contributed by atoms with van der Waals surface area (Å²) in [6.07, 6.45) is 0. The summed E-state index contributed by atoms with van der Waals surface area (Å²) in [5, 5.41) is 0. The average molecular weight is 247 g/mol. The Balaban J connectivity index is 2.33. The van der Waals surface area contributed by atoms with E-state index >= 15 is 0 Å². The van der Waals surface area contributed by atoms with Gasteiger partial charge in [0.25, 0.3) is 0 Å². The van der Waals surface area contributed by atoms with E-state index in [0.717, 1.165) is 5.56 Å². The fraction of sp³-hybridized carbons (Fsp3) is 0.143. The lowest BCUT2D eigenvalue weighted by Gasteiger charge is -2.10. The maximum absolute atomic E-state index is 13.1. The van der Waals surface area contributed by atoms with E-state index in [1.165, 1.54) is 12.1 Å². The van der Waals surface area contributed by atoms with Gasteiger partial charge in [-0.15, -0.1) is 0 Å². The summed E-state index contributed by atoms with van der Waals surface area (Å²) < 4.78 is 23.9. The van der Waals surface area contributed by atoms with Crippen LogP contribution < -0.4 is 15.2 Å². The Morgan fingerprint density at radius 3 is 2.50 bits per heavy atom. The first-order chi connectivity index (χ1) is 8.58. The number of rotatable bonds is 3. The number of ether oxygens (including phenoxy) is 2. The van der Waals surface area contributed by atoms with Crippen LogP contribution >= 0.6 is 0 Å². The topological polar surface area (TPSA) is 44.5 Å². The number of hydrogen-bond acceptors (Lipinski definition) is 3. The van der Waals surface area contributed by atoms with Crippen molar-refractivity contribution in [2.45, 2.75) is 6.92 Å². The summed E-state index contributed by atoms with van der Waals surface area (Å²) in [6, 6.07) is 9.43. The predicted molar refractivity (Wildman–Crippen MR) is 68.6 cm³/mol. The van der Waals surface area contributed by atoms with Gasteiger partial charge in [-0.1, -0.05) is 6.07 Å². The van der Waals surface area contributed by atoms with E-state index in [1.807, 2.05) is 6.92 Å². The maximum Gasteiger partial charge on any atom is 0.133 e. The molecule has 0 saturated heterocycles. The van der Waals surface area contributed by atoms with Crippen molar-refractivity contribution in [2.24, 2.45) is 0 Å². The summed E-state index contributed by atoms with van der Waals surface area (Å²) in [7, 11) is 1.55. The van der Waals surface area contributed by atoms with Gasteiger partial charge in [-0.2, -0.15) is 0 Å². The molecule has 0 fully saturated rings. The van der Waals surface area contributed by atoms with Gasteiger partial charge in [-0.05, 0) is 18.6 Å². The lowest BCUT2D eigenvalue weighted by Crippen LogP contribution is -1.93. The van der Waals surface area contributed by atoms with Crippen LogP contribution in [0.4, 0.5) is 10.1 Å². The fourth-order valence-electron chi connectivity index (χ4n) is 1.58. The second kappa shape index (κ2) is 4.96. The lowest BCUT2D eigenvalue weighted by molar-refractivity contribution is 0.409. The summed E-state index contributed by atoms with van der Waals surface area (Å²) in [5.74, 6) is 1.23. The molecule has 0 aliphatic rings. The Morgan fingerprint density at radius 1 is 1.06 bits per heavy atom. The third-order valence-corrected chi connectivity index (χ3v) is 2.52. The van der Waals surface area contributed by atoms with Crippen LogP contribution in [0.25, 0.3) is 0 Å². The van der Waals surface area contributed by atoms with E-state index in [2.05, 4.69) is 0 Å². The fourth-order valence-corrected chi connectivity index (χ4v) is 1.58. The number of halogens is 1. The van der Waals surface area contributed by atoms with Crippen molar-refractivity contribution >= 4 is 5.69 Å². The molecule has 0 radical (unpaired) electrons. The molecule has 0 heterocycles. The highest BCUT2D eigenvalue weighted by Gasteiger charge is 2.05. The van der Waals surface area contributed by atoms with Gasteiger partial charge in [0, 0.05) is 30.0 Å². The molecular weight excluding hydrogens is 233 g/mol. The molecule has 0 aliphatic carbocycles. The number of nitrogen functional groups attached to an aromatic ring is 1. The summed E-state index contributed by atoms with van der Waals surface area (Å²) in [6.45, 7) is 1.85. The molecular formula is C14H14FNO2. The molecule has 3 nitrogen and oxygen atoms in total. The minimum atomic E-state index is -0.341. The first-order valence-electron chi connectivity index (χ1n) is 5.47. The van der Waals surface area contributed by atoms with Crippen LogP contribution in [0, 0.1) is 12.7 Å². The zero-order chi connectivity index (χ0) is 13.1. The van der Waals surface area contributed by atoms with Crippen LogP contribution in [0.3, 0.4) is 0 Å². The largest absolute Gasteiger partial charge is 0.497 e. The summed E-state index contributed by atoms with van der Waals surface area (Å²) >= 11 is 0. The minimum Gasteiger partial charge on any atom is -0.497 e. The van der Waals surface area contributed by atoms with Crippen LogP contribution in [0.5, 0.6) is 17.2 Å². The molecule has 2 aromatic rings. The van der Waals surface area contributed by atoms with E-state index in [1.54, 1.807) is 31.4 Å². The average Bonchev–Trinajstić information content (AvgIpc) is 2.33. The molecule has 2 N–H and O–H groups in total. The Bertz CT molecular complexity index is 570. The van der Waals surface area contributed by atoms with Crippen LogP contribution in [-0.2, 0) is 0 Å². The molecule has 0 saturated carbocycles. The van der Waals surface area contributed by atoms with Crippen LogP contribution in [-0.4, -0.2) is 7.11 Å². The van der Waals surface area contributed by atoms with Gasteiger partial charge in [0.05, 0.1) is 7.11 Å². The molecule has 0 aromatic heterocycles. The maximum atomic E-state index is 13.1. The Morgan fingerprint density at radius 2 is 1.78 bits per heavy atom. The van der Waals surface area contributed by atoms with Gasteiger partial charge < -0.3 is 15.2 Å². The molecule has 4 heteroatoms. The zero-order valence-corrected chi connectivity index (χ0v) is 10.2. The number of methoxy groups -OCH3 is 1. The smallest absolute Gasteiger partial charge is 0.133 e. The highest BCUT2D eigenvalue weighted by Crippen LogP contribution is 2.30. The quantitative estimate of drug-likeness (QED) is 0.844. The molecule has 2 rings (SSSR count). The van der Waals surface area contributed by atoms with Gasteiger partial charge in [0.2, 0.25) is 0 Å². The molecule has 0 unspecified atom stereocenters. The van der Waals surface area contributed by atoms with E-state index in [-0.39, 0.29) is 5.82 Å². The number of benzene rings is 2. The van der Waals surface area contributed by atoms with Crippen molar-refractivity contribution in [3.63, 3.8) is 0 Å². The zero-order valence-electron chi connectivity index (χ0n) is 10.2. The van der Waals surface area contributed by atoms with E-state index in [9.17, 15) is 4.39 Å². The van der Waals surface area contributed by atoms with Crippen molar-refractivity contribution in [3.05, 3.63) is 47.8 Å². The third kappa shape index (κ3) is 2.71. The predicted octanol–water partition coefficient (Wildman–Crippen LogP) is 3.52. The van der Waals surface area contributed by atoms with Crippen LogP contribution in [0.15, 0.2) is 36.4 Å². The molecule has 2 aromatic carbocycles. The van der Waals surface area contributed by atoms with Crippen LogP contribution in [0.2, 0.25) is 0 Å². The molecule has 0 bridgehead atoms. The molecule has 0 atom stereocenters. The monoisotopic (exact) mass is 247 g/mol.